The fourth-order valence-corrected chi connectivity index (χ4v) is 3.05. The molecule has 1 aliphatic rings. The fraction of sp³-hybridized carbons (Fsp3) is 0.318. The summed E-state index contributed by atoms with van der Waals surface area (Å²) in [6.07, 6.45) is 0.634. The number of carbonyl (C=O) groups is 2. The first kappa shape index (κ1) is 18.8. The predicted octanol–water partition coefficient (Wildman–Crippen LogP) is 4.34. The highest BCUT2D eigenvalue weighted by Gasteiger charge is 2.31. The van der Waals surface area contributed by atoms with Crippen LogP contribution in [0.3, 0.4) is 0 Å². The summed E-state index contributed by atoms with van der Waals surface area (Å²) < 4.78 is 5.39. The second-order valence-corrected chi connectivity index (χ2v) is 7.62. The SMILES string of the molecule is CC(=O)N1N=C(c2ccc(C(=O)OC(C)(C)C)cc2)CC1c1ccccc1. The second-order valence-electron chi connectivity index (χ2n) is 7.62. The van der Waals surface area contributed by atoms with E-state index in [0.717, 1.165) is 16.8 Å². The highest BCUT2D eigenvalue weighted by molar-refractivity contribution is 6.03. The van der Waals surface area contributed by atoms with Crippen LogP contribution in [-0.4, -0.2) is 28.2 Å². The van der Waals surface area contributed by atoms with Crippen LogP contribution in [0.4, 0.5) is 0 Å². The van der Waals surface area contributed by atoms with E-state index in [9.17, 15) is 9.59 Å². The molecular weight excluding hydrogens is 340 g/mol. The van der Waals surface area contributed by atoms with E-state index in [1.165, 1.54) is 11.9 Å². The molecule has 5 nitrogen and oxygen atoms in total. The number of amides is 1. The minimum Gasteiger partial charge on any atom is -0.456 e. The van der Waals surface area contributed by atoms with Crippen molar-refractivity contribution in [1.29, 1.82) is 0 Å². The summed E-state index contributed by atoms with van der Waals surface area (Å²) in [5.74, 6) is -0.445. The van der Waals surface area contributed by atoms with Gasteiger partial charge in [-0.3, -0.25) is 4.79 Å². The number of esters is 1. The lowest BCUT2D eigenvalue weighted by Gasteiger charge is -2.20. The Morgan fingerprint density at radius 1 is 1.04 bits per heavy atom. The Labute approximate surface area is 159 Å². The Balaban J connectivity index is 1.81. The van der Waals surface area contributed by atoms with Gasteiger partial charge >= 0.3 is 5.97 Å². The number of benzene rings is 2. The molecule has 0 aromatic heterocycles. The van der Waals surface area contributed by atoms with Crippen molar-refractivity contribution < 1.29 is 14.3 Å². The number of nitrogens with zero attached hydrogens (tertiary/aromatic N) is 2. The summed E-state index contributed by atoms with van der Waals surface area (Å²) in [5, 5.41) is 6.07. The molecule has 0 saturated heterocycles. The van der Waals surface area contributed by atoms with Gasteiger partial charge in [-0.05, 0) is 44.0 Å². The van der Waals surface area contributed by atoms with Gasteiger partial charge in [-0.15, -0.1) is 0 Å². The van der Waals surface area contributed by atoms with E-state index >= 15 is 0 Å². The highest BCUT2D eigenvalue weighted by Crippen LogP contribution is 2.32. The van der Waals surface area contributed by atoms with Crippen LogP contribution in [0.2, 0.25) is 0 Å². The number of hydrogen-bond donors (Lipinski definition) is 0. The topological polar surface area (TPSA) is 59.0 Å². The van der Waals surface area contributed by atoms with Crippen molar-refractivity contribution in [3.8, 4) is 0 Å². The molecule has 1 amide bonds. The molecule has 1 atom stereocenters. The number of carbonyl (C=O) groups excluding carboxylic acids is 2. The quantitative estimate of drug-likeness (QED) is 0.761. The zero-order valence-corrected chi connectivity index (χ0v) is 16.1. The molecule has 0 radical (unpaired) electrons. The van der Waals surface area contributed by atoms with Gasteiger partial charge in [-0.1, -0.05) is 42.5 Å². The summed E-state index contributed by atoms with van der Waals surface area (Å²) in [4.78, 5) is 24.2. The molecule has 3 rings (SSSR count). The van der Waals surface area contributed by atoms with Gasteiger partial charge in [0.25, 0.3) is 0 Å². The van der Waals surface area contributed by atoms with E-state index in [2.05, 4.69) is 5.10 Å². The third kappa shape index (κ3) is 4.42. The van der Waals surface area contributed by atoms with Crippen LogP contribution in [0.1, 0.15) is 61.6 Å². The number of hydrogen-bond acceptors (Lipinski definition) is 4. The average molecular weight is 364 g/mol. The molecule has 2 aromatic rings. The standard InChI is InChI=1S/C22H24N2O3/c1-15(25)24-20(17-8-6-5-7-9-17)14-19(23-24)16-10-12-18(13-11-16)21(26)27-22(2,3)4/h5-13,20H,14H2,1-4H3. The molecule has 0 spiro atoms. The number of rotatable bonds is 3. The van der Waals surface area contributed by atoms with Crippen molar-refractivity contribution in [2.24, 2.45) is 5.10 Å². The second kappa shape index (κ2) is 7.35. The van der Waals surface area contributed by atoms with E-state index in [4.69, 9.17) is 4.74 Å². The normalized spacial score (nSPS) is 16.8. The first-order valence-electron chi connectivity index (χ1n) is 9.00. The molecule has 0 fully saturated rings. The van der Waals surface area contributed by atoms with Crippen molar-refractivity contribution in [3.63, 3.8) is 0 Å². The lowest BCUT2D eigenvalue weighted by Crippen LogP contribution is -2.24. The van der Waals surface area contributed by atoms with Gasteiger partial charge in [-0.25, -0.2) is 9.80 Å². The molecule has 0 aliphatic carbocycles. The smallest absolute Gasteiger partial charge is 0.338 e. The Kier molecular flexibility index (Phi) is 5.13. The van der Waals surface area contributed by atoms with Crippen LogP contribution in [0, 0.1) is 0 Å². The highest BCUT2D eigenvalue weighted by atomic mass is 16.6. The van der Waals surface area contributed by atoms with Gasteiger partial charge in [0.1, 0.15) is 5.60 Å². The Bertz CT molecular complexity index is 865. The molecule has 1 heterocycles. The lowest BCUT2D eigenvalue weighted by atomic mass is 9.98. The maximum atomic E-state index is 12.2. The number of ether oxygens (including phenoxy) is 1. The zero-order valence-electron chi connectivity index (χ0n) is 16.1. The minimum atomic E-state index is -0.532. The van der Waals surface area contributed by atoms with Gasteiger partial charge in [-0.2, -0.15) is 5.10 Å². The fourth-order valence-electron chi connectivity index (χ4n) is 3.05. The van der Waals surface area contributed by atoms with Crippen molar-refractivity contribution in [1.82, 2.24) is 5.01 Å². The first-order valence-corrected chi connectivity index (χ1v) is 9.00. The molecule has 0 bridgehead atoms. The third-order valence-electron chi connectivity index (χ3n) is 4.27. The Hall–Kier alpha value is -2.95. The van der Waals surface area contributed by atoms with Gasteiger partial charge in [0.05, 0.1) is 17.3 Å². The zero-order chi connectivity index (χ0) is 19.6. The van der Waals surface area contributed by atoms with Crippen LogP contribution in [0.5, 0.6) is 0 Å². The van der Waals surface area contributed by atoms with Crippen LogP contribution in [0.25, 0.3) is 0 Å². The maximum Gasteiger partial charge on any atom is 0.338 e. The van der Waals surface area contributed by atoms with Crippen LogP contribution in [0.15, 0.2) is 59.7 Å². The monoisotopic (exact) mass is 364 g/mol. The molecule has 0 saturated carbocycles. The molecule has 5 heteroatoms. The van der Waals surface area contributed by atoms with Crippen molar-refractivity contribution in [3.05, 3.63) is 71.3 Å². The summed E-state index contributed by atoms with van der Waals surface area (Å²) in [6.45, 7) is 7.04. The summed E-state index contributed by atoms with van der Waals surface area (Å²) >= 11 is 0. The van der Waals surface area contributed by atoms with E-state index < -0.39 is 5.60 Å². The van der Waals surface area contributed by atoms with Crippen molar-refractivity contribution in [2.45, 2.75) is 45.8 Å². The first-order chi connectivity index (χ1) is 12.7. The van der Waals surface area contributed by atoms with E-state index in [1.54, 1.807) is 12.1 Å². The average Bonchev–Trinajstić information content (AvgIpc) is 3.07. The van der Waals surface area contributed by atoms with Gasteiger partial charge < -0.3 is 4.74 Å². The van der Waals surface area contributed by atoms with E-state index in [0.29, 0.717) is 12.0 Å². The van der Waals surface area contributed by atoms with Gasteiger partial charge in [0, 0.05) is 13.3 Å². The largest absolute Gasteiger partial charge is 0.456 e. The van der Waals surface area contributed by atoms with Crippen molar-refractivity contribution >= 4 is 17.6 Å². The molecule has 1 unspecified atom stereocenters. The van der Waals surface area contributed by atoms with Crippen LogP contribution in [-0.2, 0) is 9.53 Å². The molecule has 0 N–H and O–H groups in total. The lowest BCUT2D eigenvalue weighted by molar-refractivity contribution is -0.130. The number of hydrazone groups is 1. The van der Waals surface area contributed by atoms with Crippen molar-refractivity contribution in [2.75, 3.05) is 0 Å². The third-order valence-corrected chi connectivity index (χ3v) is 4.27. The Morgan fingerprint density at radius 3 is 2.22 bits per heavy atom. The molecular formula is C22H24N2O3. The van der Waals surface area contributed by atoms with Gasteiger partial charge in [0.2, 0.25) is 5.91 Å². The molecule has 1 aliphatic heterocycles. The summed E-state index contributed by atoms with van der Waals surface area (Å²) in [5.41, 5.74) is 2.74. The predicted molar refractivity (Wildman–Crippen MR) is 104 cm³/mol. The molecule has 27 heavy (non-hydrogen) atoms. The van der Waals surface area contributed by atoms with E-state index in [-0.39, 0.29) is 17.9 Å². The molecule has 2 aromatic carbocycles. The summed E-state index contributed by atoms with van der Waals surface area (Å²) in [7, 11) is 0. The molecule has 140 valence electrons. The maximum absolute atomic E-state index is 12.2. The van der Waals surface area contributed by atoms with Gasteiger partial charge in [0.15, 0.2) is 0 Å². The Morgan fingerprint density at radius 2 is 1.67 bits per heavy atom. The minimum absolute atomic E-state index is 0.0933. The van der Waals surface area contributed by atoms with E-state index in [1.807, 2.05) is 63.2 Å². The summed E-state index contributed by atoms with van der Waals surface area (Å²) in [6, 6.07) is 16.9. The van der Waals surface area contributed by atoms with Crippen LogP contribution < -0.4 is 0 Å². The van der Waals surface area contributed by atoms with Crippen LogP contribution >= 0.6 is 0 Å².